The molecule has 0 aromatic carbocycles. The number of ether oxygens (including phenoxy) is 1. The third kappa shape index (κ3) is 2.70. The molecule has 0 aliphatic heterocycles. The fourth-order valence-electron chi connectivity index (χ4n) is 0.472. The third-order valence-electron chi connectivity index (χ3n) is 0.956. The molecule has 0 heterocycles. The average molecular weight is 156 g/mol. The van der Waals surface area contributed by atoms with E-state index in [1.807, 2.05) is 0 Å². The minimum atomic E-state index is -4.43. The van der Waals surface area contributed by atoms with Crippen molar-refractivity contribution in [2.24, 2.45) is 0 Å². The Kier molecular flexibility index (Phi) is 3.18. The Morgan fingerprint density at radius 3 is 2.20 bits per heavy atom. The van der Waals surface area contributed by atoms with Crippen molar-refractivity contribution in [3.05, 3.63) is 0 Å². The number of hydrogen-bond donors (Lipinski definition) is 0. The number of rotatable bonds is 3. The molecule has 5 heteroatoms. The predicted octanol–water partition coefficient (Wildman–Crippen LogP) is 1.50. The van der Waals surface area contributed by atoms with Gasteiger partial charge < -0.3 is 4.74 Å². The fraction of sp³-hybridized carbons (Fsp3) is 0.800. The van der Waals surface area contributed by atoms with E-state index in [1.165, 1.54) is 6.92 Å². The summed E-state index contributed by atoms with van der Waals surface area (Å²) in [5.41, 5.74) is 0. The molecule has 0 aromatic rings. The van der Waals surface area contributed by atoms with Gasteiger partial charge in [-0.05, 0) is 6.42 Å². The van der Waals surface area contributed by atoms with Crippen LogP contribution in [0.3, 0.4) is 0 Å². The number of halogens is 3. The second-order valence-corrected chi connectivity index (χ2v) is 1.67. The molecule has 0 amide bonds. The predicted molar refractivity (Wildman–Crippen MR) is 27.3 cm³/mol. The van der Waals surface area contributed by atoms with Gasteiger partial charge in [0.05, 0.1) is 0 Å². The van der Waals surface area contributed by atoms with E-state index in [2.05, 4.69) is 4.74 Å². The molecule has 0 aliphatic rings. The topological polar surface area (TPSA) is 26.3 Å². The first-order chi connectivity index (χ1) is 4.52. The maximum absolute atomic E-state index is 11.6. The molecule has 10 heavy (non-hydrogen) atoms. The van der Waals surface area contributed by atoms with Crippen LogP contribution in [0, 0.1) is 0 Å². The van der Waals surface area contributed by atoms with Crippen molar-refractivity contribution in [1.82, 2.24) is 0 Å². The molecule has 0 saturated heterocycles. The summed E-state index contributed by atoms with van der Waals surface area (Å²) in [4.78, 5) is 9.50. The lowest BCUT2D eigenvalue weighted by Gasteiger charge is -2.15. The van der Waals surface area contributed by atoms with Crippen molar-refractivity contribution in [2.75, 3.05) is 0 Å². The van der Waals surface area contributed by atoms with Gasteiger partial charge in [0.1, 0.15) is 0 Å². The minimum Gasteiger partial charge on any atom is -0.455 e. The lowest BCUT2D eigenvalue weighted by molar-refractivity contribution is -0.214. The van der Waals surface area contributed by atoms with Crippen LogP contribution < -0.4 is 0 Å². The molecule has 0 bridgehead atoms. The van der Waals surface area contributed by atoms with Gasteiger partial charge >= 0.3 is 6.18 Å². The van der Waals surface area contributed by atoms with Crippen molar-refractivity contribution in [3.8, 4) is 0 Å². The Balaban J connectivity index is 3.92. The van der Waals surface area contributed by atoms with Crippen LogP contribution in [0.5, 0.6) is 0 Å². The van der Waals surface area contributed by atoms with Gasteiger partial charge in [0.25, 0.3) is 6.47 Å². The second-order valence-electron chi connectivity index (χ2n) is 1.67. The molecule has 1 atom stereocenters. The maximum atomic E-state index is 11.6. The maximum Gasteiger partial charge on any atom is 0.425 e. The first-order valence-electron chi connectivity index (χ1n) is 2.68. The van der Waals surface area contributed by atoms with E-state index in [4.69, 9.17) is 0 Å². The van der Waals surface area contributed by atoms with Crippen LogP contribution in [0.15, 0.2) is 0 Å². The van der Waals surface area contributed by atoms with Crippen LogP contribution in [0.2, 0.25) is 0 Å². The van der Waals surface area contributed by atoms with Gasteiger partial charge in [0, 0.05) is 0 Å². The Bertz CT molecular complexity index is 110. The van der Waals surface area contributed by atoms with Crippen molar-refractivity contribution in [3.63, 3.8) is 0 Å². The lowest BCUT2D eigenvalue weighted by Crippen LogP contribution is -2.30. The Labute approximate surface area is 56.0 Å². The summed E-state index contributed by atoms with van der Waals surface area (Å²) in [5, 5.41) is 0. The standard InChI is InChI=1S/C5H7F3O2/c1-2-4(10-3-9)5(6,7)8/h3-4H,2H2,1H3. The van der Waals surface area contributed by atoms with E-state index in [0.717, 1.165) is 0 Å². The van der Waals surface area contributed by atoms with Gasteiger partial charge in [0.15, 0.2) is 6.10 Å². The zero-order valence-electron chi connectivity index (χ0n) is 5.31. The molecule has 0 aromatic heterocycles. The lowest BCUT2D eigenvalue weighted by atomic mass is 10.3. The van der Waals surface area contributed by atoms with E-state index in [1.54, 1.807) is 0 Å². The van der Waals surface area contributed by atoms with Crippen LogP contribution >= 0.6 is 0 Å². The highest BCUT2D eigenvalue weighted by Crippen LogP contribution is 2.24. The SMILES string of the molecule is CCC(OC=O)C(F)(F)F. The van der Waals surface area contributed by atoms with Crippen molar-refractivity contribution < 1.29 is 22.7 Å². The number of carbonyl (C=O) groups is 1. The summed E-state index contributed by atoms with van der Waals surface area (Å²) in [5.74, 6) is 0. The third-order valence-corrected chi connectivity index (χ3v) is 0.956. The van der Waals surface area contributed by atoms with Crippen LogP contribution in [-0.2, 0) is 9.53 Å². The van der Waals surface area contributed by atoms with Crippen LogP contribution in [0.25, 0.3) is 0 Å². The minimum absolute atomic E-state index is 0.193. The highest BCUT2D eigenvalue weighted by atomic mass is 19.4. The van der Waals surface area contributed by atoms with Crippen LogP contribution in [0.1, 0.15) is 13.3 Å². The van der Waals surface area contributed by atoms with Gasteiger partial charge in [0.2, 0.25) is 0 Å². The largest absolute Gasteiger partial charge is 0.455 e. The van der Waals surface area contributed by atoms with Crippen LogP contribution in [-0.4, -0.2) is 18.8 Å². The zero-order valence-corrected chi connectivity index (χ0v) is 5.31. The quantitative estimate of drug-likeness (QED) is 0.579. The molecule has 0 saturated carbocycles. The molecule has 0 spiro atoms. The van der Waals surface area contributed by atoms with Gasteiger partial charge in [-0.15, -0.1) is 0 Å². The molecular formula is C5H7F3O2. The molecular weight excluding hydrogens is 149 g/mol. The summed E-state index contributed by atoms with van der Waals surface area (Å²) in [6.07, 6.45) is -6.64. The van der Waals surface area contributed by atoms with E-state index < -0.39 is 12.3 Å². The van der Waals surface area contributed by atoms with E-state index in [-0.39, 0.29) is 12.9 Å². The summed E-state index contributed by atoms with van der Waals surface area (Å²) < 4.78 is 38.6. The van der Waals surface area contributed by atoms with Gasteiger partial charge in [-0.1, -0.05) is 6.92 Å². The number of alkyl halides is 3. The van der Waals surface area contributed by atoms with Gasteiger partial charge in [-0.2, -0.15) is 13.2 Å². The van der Waals surface area contributed by atoms with Crippen molar-refractivity contribution in [1.29, 1.82) is 0 Å². The van der Waals surface area contributed by atoms with Gasteiger partial charge in [-0.25, -0.2) is 0 Å². The Hall–Kier alpha value is -0.740. The molecule has 0 N–H and O–H groups in total. The molecule has 2 nitrogen and oxygen atoms in total. The summed E-state index contributed by atoms with van der Waals surface area (Å²) in [6.45, 7) is 1.10. The van der Waals surface area contributed by atoms with E-state index in [0.29, 0.717) is 0 Å². The van der Waals surface area contributed by atoms with Crippen molar-refractivity contribution in [2.45, 2.75) is 25.6 Å². The molecule has 0 fully saturated rings. The van der Waals surface area contributed by atoms with Crippen LogP contribution in [0.4, 0.5) is 13.2 Å². The smallest absolute Gasteiger partial charge is 0.425 e. The normalized spacial score (nSPS) is 14.4. The first kappa shape index (κ1) is 9.26. The molecule has 0 aliphatic carbocycles. The highest BCUT2D eigenvalue weighted by molar-refractivity contribution is 5.37. The summed E-state index contributed by atoms with van der Waals surface area (Å²) >= 11 is 0. The monoisotopic (exact) mass is 156 g/mol. The Morgan fingerprint density at radius 1 is 1.60 bits per heavy atom. The van der Waals surface area contributed by atoms with E-state index >= 15 is 0 Å². The number of hydrogen-bond acceptors (Lipinski definition) is 2. The Morgan fingerprint density at radius 2 is 2.10 bits per heavy atom. The first-order valence-corrected chi connectivity index (χ1v) is 2.68. The van der Waals surface area contributed by atoms with Crippen molar-refractivity contribution >= 4 is 6.47 Å². The molecule has 0 rings (SSSR count). The number of carbonyl (C=O) groups excluding carboxylic acids is 1. The molecule has 0 radical (unpaired) electrons. The molecule has 60 valence electrons. The van der Waals surface area contributed by atoms with Gasteiger partial charge in [-0.3, -0.25) is 4.79 Å². The fourth-order valence-corrected chi connectivity index (χ4v) is 0.472. The zero-order chi connectivity index (χ0) is 8.20. The average Bonchev–Trinajstić information content (AvgIpc) is 1.80. The second kappa shape index (κ2) is 3.43. The summed E-state index contributed by atoms with van der Waals surface area (Å²) in [6, 6.07) is 0. The molecule has 1 unspecified atom stereocenters. The summed E-state index contributed by atoms with van der Waals surface area (Å²) in [7, 11) is 0. The highest BCUT2D eigenvalue weighted by Gasteiger charge is 2.39. The van der Waals surface area contributed by atoms with E-state index in [9.17, 15) is 18.0 Å².